The van der Waals surface area contributed by atoms with Crippen LogP contribution >= 0.6 is 11.3 Å². The lowest BCUT2D eigenvalue weighted by Crippen LogP contribution is -2.38. The molecule has 2 aromatic rings. The number of para-hydroxylation sites is 1. The molecule has 1 saturated heterocycles. The zero-order chi connectivity index (χ0) is 21.2. The number of carbonyl (C=O) groups excluding carboxylic acids is 2. The van der Waals surface area contributed by atoms with E-state index >= 15 is 0 Å². The summed E-state index contributed by atoms with van der Waals surface area (Å²) in [5, 5.41) is 6.56. The number of likely N-dealkylation sites (tertiary alicyclic amines) is 1. The van der Waals surface area contributed by atoms with Crippen LogP contribution in [0.25, 0.3) is 0 Å². The van der Waals surface area contributed by atoms with Gasteiger partial charge in [0.1, 0.15) is 5.75 Å². The van der Waals surface area contributed by atoms with Crippen LogP contribution in [0.2, 0.25) is 0 Å². The number of piperidine rings is 1. The maximum Gasteiger partial charge on any atom is 0.311 e. The highest BCUT2D eigenvalue weighted by molar-refractivity contribution is 7.13. The minimum atomic E-state index is -0.303. The number of anilines is 1. The number of esters is 1. The number of ether oxygens (including phenoxy) is 2. The molecule has 1 aliphatic heterocycles. The summed E-state index contributed by atoms with van der Waals surface area (Å²) in [4.78, 5) is 30.0. The van der Waals surface area contributed by atoms with Gasteiger partial charge in [-0.3, -0.25) is 15.0 Å². The number of rotatable bonds is 9. The van der Waals surface area contributed by atoms with Crippen LogP contribution in [0.1, 0.15) is 37.4 Å². The summed E-state index contributed by atoms with van der Waals surface area (Å²) in [6.07, 6.45) is 5.04. The smallest absolute Gasteiger partial charge is 0.311 e. The molecule has 0 atom stereocenters. The van der Waals surface area contributed by atoms with Crippen molar-refractivity contribution in [3.05, 3.63) is 40.9 Å². The second-order valence-electron chi connectivity index (χ2n) is 6.76. The minimum Gasteiger partial charge on any atom is -0.483 e. The van der Waals surface area contributed by atoms with Crippen LogP contribution in [-0.2, 0) is 20.7 Å². The summed E-state index contributed by atoms with van der Waals surface area (Å²) in [5.41, 5.74) is 4.24. The number of hydrogen-bond acceptors (Lipinski definition) is 8. The summed E-state index contributed by atoms with van der Waals surface area (Å²) in [5.74, 6) is 0.301. The average Bonchev–Trinajstić information content (AvgIpc) is 3.20. The highest BCUT2D eigenvalue weighted by Gasteiger charge is 2.17. The van der Waals surface area contributed by atoms with Gasteiger partial charge in [-0.1, -0.05) is 12.1 Å². The van der Waals surface area contributed by atoms with Gasteiger partial charge in [0, 0.05) is 24.0 Å². The quantitative estimate of drug-likeness (QED) is 0.373. The molecule has 1 amide bonds. The number of carbonyl (C=O) groups is 2. The predicted octanol–water partition coefficient (Wildman–Crippen LogP) is 3.09. The monoisotopic (exact) mass is 430 g/mol. The molecule has 0 spiro atoms. The molecule has 1 aromatic heterocycles. The van der Waals surface area contributed by atoms with E-state index in [9.17, 15) is 9.59 Å². The van der Waals surface area contributed by atoms with Crippen LogP contribution in [0, 0.1) is 0 Å². The number of benzene rings is 1. The number of nitrogens with zero attached hydrogens (tertiary/aromatic N) is 3. The Balaban J connectivity index is 1.53. The van der Waals surface area contributed by atoms with E-state index < -0.39 is 0 Å². The Labute approximate surface area is 179 Å². The predicted molar refractivity (Wildman–Crippen MR) is 116 cm³/mol. The van der Waals surface area contributed by atoms with E-state index in [1.807, 2.05) is 29.2 Å². The molecule has 0 bridgehead atoms. The standard InChI is InChI=1S/C21H26N4O4S/c1-2-28-20(27)12-17-15-30-21(23-17)24-22-13-16-8-4-5-9-18(16)29-14-19(26)25-10-6-3-7-11-25/h4-5,8-9,13,15H,2-3,6-7,10-12,14H2,1H3,(H,23,24). The van der Waals surface area contributed by atoms with Crippen LogP contribution in [-0.4, -0.2) is 54.3 Å². The number of aromatic nitrogens is 1. The van der Waals surface area contributed by atoms with Crippen LogP contribution in [0.5, 0.6) is 5.75 Å². The molecular weight excluding hydrogens is 404 g/mol. The van der Waals surface area contributed by atoms with Crippen molar-refractivity contribution in [1.29, 1.82) is 0 Å². The molecule has 0 saturated carbocycles. The van der Waals surface area contributed by atoms with E-state index in [1.54, 1.807) is 18.5 Å². The SMILES string of the molecule is CCOC(=O)Cc1csc(NN=Cc2ccccc2OCC(=O)N2CCCCC2)n1. The van der Waals surface area contributed by atoms with Crippen LogP contribution in [0.3, 0.4) is 0 Å². The van der Waals surface area contributed by atoms with E-state index in [1.165, 1.54) is 17.8 Å². The van der Waals surface area contributed by atoms with Crippen molar-refractivity contribution >= 4 is 34.6 Å². The van der Waals surface area contributed by atoms with Crippen molar-refractivity contribution in [3.63, 3.8) is 0 Å². The van der Waals surface area contributed by atoms with Crippen molar-refractivity contribution in [1.82, 2.24) is 9.88 Å². The van der Waals surface area contributed by atoms with E-state index in [2.05, 4.69) is 15.5 Å². The topological polar surface area (TPSA) is 93.1 Å². The molecule has 9 heteroatoms. The Morgan fingerprint density at radius 1 is 1.27 bits per heavy atom. The summed E-state index contributed by atoms with van der Waals surface area (Å²) in [7, 11) is 0. The lowest BCUT2D eigenvalue weighted by molar-refractivity contribution is -0.142. The van der Waals surface area contributed by atoms with Gasteiger partial charge in [0.15, 0.2) is 6.61 Å². The van der Waals surface area contributed by atoms with Gasteiger partial charge in [-0.15, -0.1) is 11.3 Å². The van der Waals surface area contributed by atoms with Crippen LogP contribution < -0.4 is 10.2 Å². The molecule has 2 heterocycles. The molecule has 0 aliphatic carbocycles. The summed E-state index contributed by atoms with van der Waals surface area (Å²) in [6.45, 7) is 3.75. The highest BCUT2D eigenvalue weighted by atomic mass is 32.1. The lowest BCUT2D eigenvalue weighted by Gasteiger charge is -2.26. The van der Waals surface area contributed by atoms with Gasteiger partial charge in [0.2, 0.25) is 5.13 Å². The molecule has 8 nitrogen and oxygen atoms in total. The van der Waals surface area contributed by atoms with Gasteiger partial charge in [-0.25, -0.2) is 4.98 Å². The molecule has 160 valence electrons. The molecule has 1 aromatic carbocycles. The van der Waals surface area contributed by atoms with Gasteiger partial charge >= 0.3 is 5.97 Å². The molecule has 0 unspecified atom stereocenters. The van der Waals surface area contributed by atoms with Crippen LogP contribution in [0.15, 0.2) is 34.7 Å². The first-order valence-corrected chi connectivity index (χ1v) is 10.9. The molecular formula is C21H26N4O4S. The van der Waals surface area contributed by atoms with E-state index in [0.29, 0.717) is 23.2 Å². The van der Waals surface area contributed by atoms with Crippen molar-refractivity contribution in [2.45, 2.75) is 32.6 Å². The van der Waals surface area contributed by atoms with Gasteiger partial charge in [-0.2, -0.15) is 5.10 Å². The second kappa shape index (κ2) is 11.3. The summed E-state index contributed by atoms with van der Waals surface area (Å²) < 4.78 is 10.7. The largest absolute Gasteiger partial charge is 0.483 e. The average molecular weight is 431 g/mol. The van der Waals surface area contributed by atoms with Crippen molar-refractivity contribution in [2.75, 3.05) is 31.7 Å². The van der Waals surface area contributed by atoms with Crippen molar-refractivity contribution in [3.8, 4) is 5.75 Å². The molecule has 30 heavy (non-hydrogen) atoms. The third-order valence-electron chi connectivity index (χ3n) is 4.53. The number of nitrogens with one attached hydrogen (secondary N) is 1. The fourth-order valence-corrected chi connectivity index (χ4v) is 3.71. The molecule has 1 N–H and O–H groups in total. The number of hydrogen-bond donors (Lipinski definition) is 1. The Morgan fingerprint density at radius 2 is 2.07 bits per heavy atom. The maximum absolute atomic E-state index is 12.3. The third kappa shape index (κ3) is 6.55. The van der Waals surface area contributed by atoms with Gasteiger partial charge in [0.05, 0.1) is 24.9 Å². The Kier molecular flexibility index (Phi) is 8.20. The number of hydrazone groups is 1. The first-order chi connectivity index (χ1) is 14.7. The molecule has 3 rings (SSSR count). The first-order valence-electron chi connectivity index (χ1n) is 10.0. The Bertz CT molecular complexity index is 877. The normalized spacial score (nSPS) is 14.0. The fourth-order valence-electron chi connectivity index (χ4n) is 3.05. The molecule has 0 radical (unpaired) electrons. The molecule has 1 aliphatic rings. The fraction of sp³-hybridized carbons (Fsp3) is 0.429. The minimum absolute atomic E-state index is 0.0106. The molecule has 1 fully saturated rings. The third-order valence-corrected chi connectivity index (χ3v) is 5.32. The van der Waals surface area contributed by atoms with Crippen LogP contribution in [0.4, 0.5) is 5.13 Å². The Morgan fingerprint density at radius 3 is 2.87 bits per heavy atom. The zero-order valence-electron chi connectivity index (χ0n) is 17.0. The number of amides is 1. The summed E-state index contributed by atoms with van der Waals surface area (Å²) >= 11 is 1.35. The van der Waals surface area contributed by atoms with Crippen molar-refractivity contribution < 1.29 is 19.1 Å². The summed E-state index contributed by atoms with van der Waals surface area (Å²) in [6, 6.07) is 7.40. The van der Waals surface area contributed by atoms with E-state index in [4.69, 9.17) is 9.47 Å². The van der Waals surface area contributed by atoms with Crippen molar-refractivity contribution in [2.24, 2.45) is 5.10 Å². The lowest BCUT2D eigenvalue weighted by atomic mass is 10.1. The maximum atomic E-state index is 12.3. The first kappa shape index (κ1) is 21.8. The van der Waals surface area contributed by atoms with E-state index in [0.717, 1.165) is 31.5 Å². The zero-order valence-corrected chi connectivity index (χ0v) is 17.8. The van der Waals surface area contributed by atoms with E-state index in [-0.39, 0.29) is 24.9 Å². The number of thiazole rings is 1. The second-order valence-corrected chi connectivity index (χ2v) is 7.62. The Hall–Kier alpha value is -2.94. The highest BCUT2D eigenvalue weighted by Crippen LogP contribution is 2.18. The van der Waals surface area contributed by atoms with Gasteiger partial charge in [0.25, 0.3) is 5.91 Å². The van der Waals surface area contributed by atoms with Gasteiger partial charge in [-0.05, 0) is 38.3 Å². The van der Waals surface area contributed by atoms with Gasteiger partial charge < -0.3 is 14.4 Å².